The van der Waals surface area contributed by atoms with Crippen LogP contribution in [0.5, 0.6) is 5.75 Å². The molecule has 0 aliphatic carbocycles. The van der Waals surface area contributed by atoms with Crippen LogP contribution in [-0.4, -0.2) is 18.1 Å². The highest BCUT2D eigenvalue weighted by molar-refractivity contribution is 6.32. The molecule has 5 heteroatoms. The third-order valence-electron chi connectivity index (χ3n) is 2.78. The Hall–Kier alpha value is -1.26. The van der Waals surface area contributed by atoms with Gasteiger partial charge in [0.05, 0.1) is 22.7 Å². The zero-order valence-corrected chi connectivity index (χ0v) is 12.5. The van der Waals surface area contributed by atoms with Gasteiger partial charge in [0.1, 0.15) is 0 Å². The number of hydrogen-bond donors (Lipinski definition) is 2. The SMILES string of the molecule is CC(C)Oc1c(Cl)cccc1NC(=O)C(C)C(C)N. The molecule has 0 fully saturated rings. The van der Waals surface area contributed by atoms with E-state index in [1.807, 2.05) is 13.8 Å². The molecule has 1 aromatic rings. The molecule has 106 valence electrons. The molecule has 2 unspecified atom stereocenters. The largest absolute Gasteiger partial charge is 0.487 e. The van der Waals surface area contributed by atoms with Gasteiger partial charge in [0.2, 0.25) is 5.91 Å². The molecule has 0 aliphatic rings. The first kappa shape index (κ1) is 15.8. The highest BCUT2D eigenvalue weighted by Gasteiger charge is 2.19. The minimum atomic E-state index is -0.286. The summed E-state index contributed by atoms with van der Waals surface area (Å²) >= 11 is 6.10. The van der Waals surface area contributed by atoms with Gasteiger partial charge in [0.25, 0.3) is 0 Å². The first-order valence-electron chi connectivity index (χ1n) is 6.34. The molecule has 4 nitrogen and oxygen atoms in total. The van der Waals surface area contributed by atoms with Crippen LogP contribution in [0.25, 0.3) is 0 Å². The van der Waals surface area contributed by atoms with E-state index in [-0.39, 0.29) is 24.0 Å². The van der Waals surface area contributed by atoms with Gasteiger partial charge in [-0.15, -0.1) is 0 Å². The maximum Gasteiger partial charge on any atom is 0.228 e. The number of anilines is 1. The number of nitrogens with one attached hydrogen (secondary N) is 1. The molecule has 1 aromatic carbocycles. The molecule has 0 aromatic heterocycles. The number of amides is 1. The van der Waals surface area contributed by atoms with E-state index in [0.717, 1.165) is 0 Å². The number of para-hydroxylation sites is 1. The maximum atomic E-state index is 12.0. The maximum absolute atomic E-state index is 12.0. The lowest BCUT2D eigenvalue weighted by Gasteiger charge is -2.19. The van der Waals surface area contributed by atoms with Gasteiger partial charge in [-0.3, -0.25) is 4.79 Å². The average Bonchev–Trinajstić information content (AvgIpc) is 2.32. The Morgan fingerprint density at radius 3 is 2.47 bits per heavy atom. The van der Waals surface area contributed by atoms with Crippen molar-refractivity contribution in [2.24, 2.45) is 11.7 Å². The van der Waals surface area contributed by atoms with Crippen LogP contribution in [0.15, 0.2) is 18.2 Å². The van der Waals surface area contributed by atoms with Crippen molar-refractivity contribution in [3.8, 4) is 5.75 Å². The Morgan fingerprint density at radius 1 is 1.32 bits per heavy atom. The van der Waals surface area contributed by atoms with Crippen molar-refractivity contribution in [3.63, 3.8) is 0 Å². The van der Waals surface area contributed by atoms with Gasteiger partial charge >= 0.3 is 0 Å². The summed E-state index contributed by atoms with van der Waals surface area (Å²) in [5, 5.41) is 3.28. The normalized spacial score (nSPS) is 14.1. The van der Waals surface area contributed by atoms with Crippen molar-refractivity contribution in [1.82, 2.24) is 0 Å². The Morgan fingerprint density at radius 2 is 1.95 bits per heavy atom. The van der Waals surface area contributed by atoms with E-state index in [4.69, 9.17) is 22.1 Å². The quantitative estimate of drug-likeness (QED) is 0.873. The van der Waals surface area contributed by atoms with Gasteiger partial charge in [-0.2, -0.15) is 0 Å². The first-order valence-corrected chi connectivity index (χ1v) is 6.72. The second-order valence-corrected chi connectivity index (χ2v) is 5.33. The zero-order chi connectivity index (χ0) is 14.6. The molecule has 0 heterocycles. The van der Waals surface area contributed by atoms with Gasteiger partial charge < -0.3 is 15.8 Å². The Labute approximate surface area is 119 Å². The van der Waals surface area contributed by atoms with Crippen molar-refractivity contribution in [1.29, 1.82) is 0 Å². The van der Waals surface area contributed by atoms with E-state index in [0.29, 0.717) is 16.5 Å². The van der Waals surface area contributed by atoms with E-state index in [1.165, 1.54) is 0 Å². The van der Waals surface area contributed by atoms with Crippen molar-refractivity contribution in [2.45, 2.75) is 39.8 Å². The van der Waals surface area contributed by atoms with Gasteiger partial charge in [-0.25, -0.2) is 0 Å². The average molecular weight is 285 g/mol. The Kier molecular flexibility index (Phi) is 5.63. The number of carbonyl (C=O) groups is 1. The van der Waals surface area contributed by atoms with E-state index in [2.05, 4.69) is 5.32 Å². The number of benzene rings is 1. The lowest BCUT2D eigenvalue weighted by Crippen LogP contribution is -2.34. The lowest BCUT2D eigenvalue weighted by molar-refractivity contribution is -0.119. The van der Waals surface area contributed by atoms with Crippen LogP contribution in [0.2, 0.25) is 5.02 Å². The predicted molar refractivity (Wildman–Crippen MR) is 78.7 cm³/mol. The molecule has 0 aliphatic heterocycles. The van der Waals surface area contributed by atoms with Gasteiger partial charge in [0.15, 0.2) is 5.75 Å². The van der Waals surface area contributed by atoms with Crippen LogP contribution in [-0.2, 0) is 4.79 Å². The summed E-state index contributed by atoms with van der Waals surface area (Å²) in [6, 6.07) is 5.04. The smallest absolute Gasteiger partial charge is 0.228 e. The fourth-order valence-corrected chi connectivity index (χ4v) is 1.67. The molecule has 0 spiro atoms. The molecular formula is C14H21ClN2O2. The van der Waals surface area contributed by atoms with Crippen LogP contribution in [0.4, 0.5) is 5.69 Å². The van der Waals surface area contributed by atoms with Crippen LogP contribution in [0.1, 0.15) is 27.7 Å². The van der Waals surface area contributed by atoms with E-state index in [1.54, 1.807) is 32.0 Å². The molecule has 0 radical (unpaired) electrons. The van der Waals surface area contributed by atoms with Crippen LogP contribution in [0, 0.1) is 5.92 Å². The molecule has 2 atom stereocenters. The van der Waals surface area contributed by atoms with Gasteiger partial charge in [-0.1, -0.05) is 24.6 Å². The Bertz CT molecular complexity index is 447. The third-order valence-corrected chi connectivity index (χ3v) is 3.08. The second-order valence-electron chi connectivity index (χ2n) is 4.92. The fraction of sp³-hybridized carbons (Fsp3) is 0.500. The fourth-order valence-electron chi connectivity index (χ4n) is 1.45. The van der Waals surface area contributed by atoms with Gasteiger partial charge in [0, 0.05) is 6.04 Å². The molecule has 19 heavy (non-hydrogen) atoms. The molecule has 3 N–H and O–H groups in total. The topological polar surface area (TPSA) is 64.3 Å². The molecule has 1 rings (SSSR count). The van der Waals surface area contributed by atoms with Crippen molar-refractivity contribution >= 4 is 23.2 Å². The number of halogens is 1. The van der Waals surface area contributed by atoms with Crippen LogP contribution < -0.4 is 15.8 Å². The molecule has 0 saturated heterocycles. The van der Waals surface area contributed by atoms with Gasteiger partial charge in [-0.05, 0) is 32.9 Å². The molecule has 1 amide bonds. The van der Waals surface area contributed by atoms with Crippen molar-refractivity contribution < 1.29 is 9.53 Å². The van der Waals surface area contributed by atoms with E-state index >= 15 is 0 Å². The first-order chi connectivity index (χ1) is 8.82. The summed E-state index contributed by atoms with van der Waals surface area (Å²) in [7, 11) is 0. The summed E-state index contributed by atoms with van der Waals surface area (Å²) in [4.78, 5) is 12.0. The summed E-state index contributed by atoms with van der Waals surface area (Å²) in [6.07, 6.45) is -0.0265. The van der Waals surface area contributed by atoms with E-state index in [9.17, 15) is 4.79 Å². The number of nitrogens with two attached hydrogens (primary N) is 1. The summed E-state index contributed by atoms with van der Waals surface area (Å²) in [5.41, 5.74) is 6.29. The summed E-state index contributed by atoms with van der Waals surface area (Å²) < 4.78 is 5.64. The molecular weight excluding hydrogens is 264 g/mol. The standard InChI is InChI=1S/C14H21ClN2O2/c1-8(2)19-13-11(15)6-5-7-12(13)17-14(18)9(3)10(4)16/h5-10H,16H2,1-4H3,(H,17,18). The predicted octanol–water partition coefficient (Wildman–Crippen LogP) is 3.05. The number of rotatable bonds is 5. The highest BCUT2D eigenvalue weighted by Crippen LogP contribution is 2.34. The monoisotopic (exact) mass is 284 g/mol. The van der Waals surface area contributed by atoms with Crippen molar-refractivity contribution in [2.75, 3.05) is 5.32 Å². The summed E-state index contributed by atoms with van der Waals surface area (Å²) in [6.45, 7) is 7.39. The van der Waals surface area contributed by atoms with Crippen molar-refractivity contribution in [3.05, 3.63) is 23.2 Å². The van der Waals surface area contributed by atoms with Crippen LogP contribution in [0.3, 0.4) is 0 Å². The lowest BCUT2D eigenvalue weighted by atomic mass is 10.0. The minimum Gasteiger partial charge on any atom is -0.487 e. The number of carbonyl (C=O) groups excluding carboxylic acids is 1. The van der Waals surface area contributed by atoms with Crippen LogP contribution >= 0.6 is 11.6 Å². The second kappa shape index (κ2) is 6.78. The summed E-state index contributed by atoms with van der Waals surface area (Å²) in [5.74, 6) is 0.0566. The number of hydrogen-bond acceptors (Lipinski definition) is 3. The minimum absolute atomic E-state index is 0.0265. The zero-order valence-electron chi connectivity index (χ0n) is 11.7. The number of ether oxygens (including phenoxy) is 1. The molecule has 0 saturated carbocycles. The Balaban J connectivity index is 2.94. The third kappa shape index (κ3) is 4.40. The molecule has 0 bridgehead atoms. The van der Waals surface area contributed by atoms with E-state index < -0.39 is 0 Å². The highest BCUT2D eigenvalue weighted by atomic mass is 35.5.